The van der Waals surface area contributed by atoms with Gasteiger partial charge in [-0.3, -0.25) is 4.79 Å². The Labute approximate surface area is 107 Å². The number of aromatic nitrogens is 2. The molecule has 0 aliphatic heterocycles. The molecule has 2 N–H and O–H groups in total. The Balaban J connectivity index is 1.95. The minimum absolute atomic E-state index is 0.179. The van der Waals surface area contributed by atoms with E-state index in [-0.39, 0.29) is 5.56 Å². The van der Waals surface area contributed by atoms with Gasteiger partial charge in [0.2, 0.25) is 0 Å². The third-order valence-electron chi connectivity index (χ3n) is 2.35. The van der Waals surface area contributed by atoms with Crippen molar-refractivity contribution in [3.05, 3.63) is 57.0 Å². The van der Waals surface area contributed by atoms with Crippen LogP contribution >= 0.6 is 15.9 Å². The smallest absolute Gasteiger partial charge is 0.267 e. The molecule has 0 unspecified atom stereocenters. The van der Waals surface area contributed by atoms with Gasteiger partial charge in [-0.2, -0.15) is 0 Å². The van der Waals surface area contributed by atoms with Crippen LogP contribution < -0.4 is 10.9 Å². The van der Waals surface area contributed by atoms with Gasteiger partial charge in [0.1, 0.15) is 10.3 Å². The first-order chi connectivity index (χ1) is 8.27. The Morgan fingerprint density at radius 3 is 2.82 bits per heavy atom. The number of rotatable bonds is 4. The zero-order chi connectivity index (χ0) is 12.1. The molecule has 0 fully saturated rings. The van der Waals surface area contributed by atoms with Gasteiger partial charge in [-0.05, 0) is 27.9 Å². The maximum atomic E-state index is 11.3. The van der Waals surface area contributed by atoms with E-state index in [4.69, 9.17) is 0 Å². The van der Waals surface area contributed by atoms with Crippen molar-refractivity contribution in [3.8, 4) is 0 Å². The van der Waals surface area contributed by atoms with Gasteiger partial charge in [-0.15, -0.1) is 0 Å². The van der Waals surface area contributed by atoms with Crippen LogP contribution in [-0.2, 0) is 6.42 Å². The van der Waals surface area contributed by atoms with Gasteiger partial charge in [-0.25, -0.2) is 4.98 Å². The van der Waals surface area contributed by atoms with Crippen LogP contribution in [0.1, 0.15) is 5.56 Å². The second-order valence-electron chi connectivity index (χ2n) is 3.56. The zero-order valence-corrected chi connectivity index (χ0v) is 10.7. The van der Waals surface area contributed by atoms with Crippen LogP contribution in [0.4, 0.5) is 5.82 Å². The number of hydrogen-bond donors (Lipinski definition) is 2. The van der Waals surface area contributed by atoms with E-state index in [9.17, 15) is 4.79 Å². The molecule has 1 aromatic carbocycles. The highest BCUT2D eigenvalue weighted by Gasteiger charge is 2.03. The quantitative estimate of drug-likeness (QED) is 0.908. The number of halogens is 1. The van der Waals surface area contributed by atoms with Gasteiger partial charge >= 0.3 is 0 Å². The summed E-state index contributed by atoms with van der Waals surface area (Å²) in [6.07, 6.45) is 2.28. The number of aromatic amines is 1. The summed E-state index contributed by atoms with van der Waals surface area (Å²) in [7, 11) is 0. The second kappa shape index (κ2) is 5.63. The molecule has 17 heavy (non-hydrogen) atoms. The molecule has 1 aromatic heterocycles. The van der Waals surface area contributed by atoms with Crippen molar-refractivity contribution in [2.45, 2.75) is 6.42 Å². The van der Waals surface area contributed by atoms with Gasteiger partial charge in [0.05, 0.1) is 6.33 Å². The SMILES string of the molecule is O=c1[nH]cnc(NCCc2ccccc2)c1Br. The lowest BCUT2D eigenvalue weighted by molar-refractivity contribution is 0.988. The van der Waals surface area contributed by atoms with Crippen LogP contribution in [0.15, 0.2) is 45.9 Å². The van der Waals surface area contributed by atoms with Gasteiger partial charge in [-0.1, -0.05) is 30.3 Å². The molecule has 0 spiro atoms. The summed E-state index contributed by atoms with van der Waals surface area (Å²) in [6, 6.07) is 10.2. The number of anilines is 1. The average Bonchev–Trinajstić information content (AvgIpc) is 2.36. The zero-order valence-electron chi connectivity index (χ0n) is 9.11. The summed E-state index contributed by atoms with van der Waals surface area (Å²) in [5.41, 5.74) is 1.07. The first kappa shape index (κ1) is 11.9. The Kier molecular flexibility index (Phi) is 3.93. The summed E-state index contributed by atoms with van der Waals surface area (Å²) in [5, 5.41) is 3.12. The Morgan fingerprint density at radius 2 is 2.06 bits per heavy atom. The lowest BCUT2D eigenvalue weighted by atomic mass is 10.1. The van der Waals surface area contributed by atoms with Crippen molar-refractivity contribution in [2.75, 3.05) is 11.9 Å². The van der Waals surface area contributed by atoms with Crippen molar-refractivity contribution in [1.82, 2.24) is 9.97 Å². The van der Waals surface area contributed by atoms with E-state index in [0.717, 1.165) is 13.0 Å². The van der Waals surface area contributed by atoms with E-state index < -0.39 is 0 Å². The van der Waals surface area contributed by atoms with Crippen LogP contribution in [0.5, 0.6) is 0 Å². The minimum Gasteiger partial charge on any atom is -0.369 e. The highest BCUT2D eigenvalue weighted by Crippen LogP contribution is 2.12. The molecule has 0 radical (unpaired) electrons. The van der Waals surface area contributed by atoms with Gasteiger partial charge in [0, 0.05) is 6.54 Å². The standard InChI is InChI=1S/C12H12BrN3O/c13-10-11(15-8-16-12(10)17)14-7-6-9-4-2-1-3-5-9/h1-5,8H,6-7H2,(H2,14,15,16,17). The van der Waals surface area contributed by atoms with Crippen LogP contribution in [0.3, 0.4) is 0 Å². The molecular weight excluding hydrogens is 282 g/mol. The predicted octanol–water partition coefficient (Wildman–Crippen LogP) is 2.19. The van der Waals surface area contributed by atoms with Crippen molar-refractivity contribution in [1.29, 1.82) is 0 Å². The molecule has 0 amide bonds. The second-order valence-corrected chi connectivity index (χ2v) is 4.35. The first-order valence-electron chi connectivity index (χ1n) is 5.28. The third-order valence-corrected chi connectivity index (χ3v) is 3.08. The fourth-order valence-corrected chi connectivity index (χ4v) is 1.83. The highest BCUT2D eigenvalue weighted by molar-refractivity contribution is 9.10. The van der Waals surface area contributed by atoms with E-state index >= 15 is 0 Å². The highest BCUT2D eigenvalue weighted by atomic mass is 79.9. The summed E-state index contributed by atoms with van der Waals surface area (Å²) in [6.45, 7) is 0.735. The molecule has 0 atom stereocenters. The van der Waals surface area contributed by atoms with Crippen molar-refractivity contribution >= 4 is 21.7 Å². The summed E-state index contributed by atoms with van der Waals surface area (Å²) in [5.74, 6) is 0.574. The van der Waals surface area contributed by atoms with Gasteiger partial charge in [0.25, 0.3) is 5.56 Å². The minimum atomic E-state index is -0.179. The predicted molar refractivity (Wildman–Crippen MR) is 71.2 cm³/mol. The third kappa shape index (κ3) is 3.17. The maximum Gasteiger partial charge on any atom is 0.267 e. The first-order valence-corrected chi connectivity index (χ1v) is 6.07. The lowest BCUT2D eigenvalue weighted by Gasteiger charge is -2.06. The molecule has 0 aliphatic rings. The molecule has 1 heterocycles. The molecule has 2 aromatic rings. The normalized spacial score (nSPS) is 10.2. The molecule has 0 bridgehead atoms. The monoisotopic (exact) mass is 293 g/mol. The Hall–Kier alpha value is -1.62. The topological polar surface area (TPSA) is 57.8 Å². The van der Waals surface area contributed by atoms with E-state index in [1.165, 1.54) is 11.9 Å². The summed E-state index contributed by atoms with van der Waals surface area (Å²) >= 11 is 3.20. The largest absolute Gasteiger partial charge is 0.369 e. The molecule has 0 saturated carbocycles. The number of H-pyrrole nitrogens is 1. The van der Waals surface area contributed by atoms with Crippen LogP contribution in [0.2, 0.25) is 0 Å². The van der Waals surface area contributed by atoms with Crippen molar-refractivity contribution in [2.24, 2.45) is 0 Å². The molecule has 5 heteroatoms. The Morgan fingerprint density at radius 1 is 1.29 bits per heavy atom. The molecule has 0 aliphatic carbocycles. The van der Waals surface area contributed by atoms with E-state index in [0.29, 0.717) is 10.3 Å². The van der Waals surface area contributed by atoms with E-state index in [1.807, 2.05) is 18.2 Å². The number of nitrogens with zero attached hydrogens (tertiary/aromatic N) is 1. The van der Waals surface area contributed by atoms with Crippen molar-refractivity contribution in [3.63, 3.8) is 0 Å². The number of hydrogen-bond acceptors (Lipinski definition) is 3. The van der Waals surface area contributed by atoms with Crippen molar-refractivity contribution < 1.29 is 0 Å². The molecule has 4 nitrogen and oxygen atoms in total. The molecule has 88 valence electrons. The molecule has 2 rings (SSSR count). The number of nitrogens with one attached hydrogen (secondary N) is 2. The fourth-order valence-electron chi connectivity index (χ4n) is 1.48. The van der Waals surface area contributed by atoms with E-state index in [1.54, 1.807) is 0 Å². The Bertz CT molecular complexity index is 539. The molecule has 0 saturated heterocycles. The van der Waals surface area contributed by atoms with E-state index in [2.05, 4.69) is 43.3 Å². The average molecular weight is 294 g/mol. The summed E-state index contributed by atoms with van der Waals surface area (Å²) in [4.78, 5) is 17.8. The lowest BCUT2D eigenvalue weighted by Crippen LogP contribution is -2.13. The maximum absolute atomic E-state index is 11.3. The van der Waals surface area contributed by atoms with Crippen LogP contribution in [0.25, 0.3) is 0 Å². The van der Waals surface area contributed by atoms with Gasteiger partial charge in [0.15, 0.2) is 0 Å². The van der Waals surface area contributed by atoms with Gasteiger partial charge < -0.3 is 10.3 Å². The summed E-state index contributed by atoms with van der Waals surface area (Å²) < 4.78 is 0.438. The van der Waals surface area contributed by atoms with Crippen LogP contribution in [-0.4, -0.2) is 16.5 Å². The number of benzene rings is 1. The molecular formula is C12H12BrN3O. The fraction of sp³-hybridized carbons (Fsp3) is 0.167. The van der Waals surface area contributed by atoms with Crippen LogP contribution in [0, 0.1) is 0 Å².